The number of ether oxygens (including phenoxy) is 1. The number of aromatic carboxylic acids is 1. The van der Waals surface area contributed by atoms with Crippen LogP contribution in [-0.2, 0) is 13.7 Å². The molecule has 5 nitrogen and oxygen atoms in total. The Labute approximate surface area is 105 Å². The molecule has 0 radical (unpaired) electrons. The minimum absolute atomic E-state index is 0.261. The van der Waals surface area contributed by atoms with Crippen LogP contribution in [0.15, 0.2) is 30.6 Å². The first-order chi connectivity index (χ1) is 8.58. The molecule has 0 amide bonds. The van der Waals surface area contributed by atoms with E-state index >= 15 is 0 Å². The molecule has 1 aromatic heterocycles. The number of nitrogens with zero attached hydrogens (tertiary/aromatic N) is 2. The Kier molecular flexibility index (Phi) is 3.32. The second-order valence-electron chi connectivity index (χ2n) is 4.03. The van der Waals surface area contributed by atoms with Crippen molar-refractivity contribution in [3.63, 3.8) is 0 Å². The van der Waals surface area contributed by atoms with Crippen LogP contribution in [-0.4, -0.2) is 20.6 Å². The monoisotopic (exact) mass is 246 g/mol. The van der Waals surface area contributed by atoms with E-state index in [4.69, 9.17) is 9.84 Å². The zero-order chi connectivity index (χ0) is 13.1. The van der Waals surface area contributed by atoms with Crippen molar-refractivity contribution in [2.45, 2.75) is 13.5 Å². The van der Waals surface area contributed by atoms with Crippen molar-refractivity contribution in [2.75, 3.05) is 0 Å². The SMILES string of the molecule is Cc1cc(C(=O)O)ccc1OCc1nccn1C. The minimum Gasteiger partial charge on any atom is -0.485 e. The van der Waals surface area contributed by atoms with Crippen molar-refractivity contribution in [3.05, 3.63) is 47.5 Å². The van der Waals surface area contributed by atoms with Crippen LogP contribution in [0.5, 0.6) is 5.75 Å². The van der Waals surface area contributed by atoms with Gasteiger partial charge in [0.2, 0.25) is 0 Å². The Morgan fingerprint density at radius 2 is 2.28 bits per heavy atom. The molecule has 0 fully saturated rings. The lowest BCUT2D eigenvalue weighted by molar-refractivity contribution is 0.0696. The second-order valence-corrected chi connectivity index (χ2v) is 4.03. The number of aromatic nitrogens is 2. The van der Waals surface area contributed by atoms with Gasteiger partial charge in [0.1, 0.15) is 18.2 Å². The summed E-state index contributed by atoms with van der Waals surface area (Å²) >= 11 is 0. The first-order valence-electron chi connectivity index (χ1n) is 5.51. The largest absolute Gasteiger partial charge is 0.485 e. The molecule has 0 aliphatic carbocycles. The van der Waals surface area contributed by atoms with Crippen LogP contribution in [0.3, 0.4) is 0 Å². The maximum Gasteiger partial charge on any atom is 0.335 e. The summed E-state index contributed by atoms with van der Waals surface area (Å²) in [4.78, 5) is 14.9. The number of rotatable bonds is 4. The van der Waals surface area contributed by atoms with E-state index in [1.165, 1.54) is 6.07 Å². The first-order valence-corrected chi connectivity index (χ1v) is 5.51. The van der Waals surface area contributed by atoms with Gasteiger partial charge in [-0.25, -0.2) is 9.78 Å². The Bertz CT molecular complexity index is 575. The highest BCUT2D eigenvalue weighted by molar-refractivity contribution is 5.88. The van der Waals surface area contributed by atoms with E-state index in [0.717, 1.165) is 11.4 Å². The number of hydrogen-bond acceptors (Lipinski definition) is 3. The number of aryl methyl sites for hydroxylation is 2. The molecular formula is C13H14N2O3. The highest BCUT2D eigenvalue weighted by atomic mass is 16.5. The zero-order valence-electron chi connectivity index (χ0n) is 10.3. The number of carboxylic acids is 1. The fourth-order valence-corrected chi connectivity index (χ4v) is 1.62. The van der Waals surface area contributed by atoms with Gasteiger partial charge in [-0.05, 0) is 30.7 Å². The van der Waals surface area contributed by atoms with Crippen molar-refractivity contribution >= 4 is 5.97 Å². The van der Waals surface area contributed by atoms with Crippen LogP contribution >= 0.6 is 0 Å². The lowest BCUT2D eigenvalue weighted by Gasteiger charge is -2.09. The van der Waals surface area contributed by atoms with Gasteiger partial charge in [0.25, 0.3) is 0 Å². The number of carboxylic acid groups (broad SMARTS) is 1. The molecule has 0 bridgehead atoms. The average molecular weight is 246 g/mol. The summed E-state index contributed by atoms with van der Waals surface area (Å²) in [6.45, 7) is 2.18. The smallest absolute Gasteiger partial charge is 0.335 e. The molecule has 0 unspecified atom stereocenters. The summed E-state index contributed by atoms with van der Waals surface area (Å²) in [5.41, 5.74) is 1.06. The van der Waals surface area contributed by atoms with Crippen LogP contribution in [0.1, 0.15) is 21.7 Å². The fourth-order valence-electron chi connectivity index (χ4n) is 1.62. The summed E-state index contributed by atoms with van der Waals surface area (Å²) in [6, 6.07) is 4.79. The second kappa shape index (κ2) is 4.91. The van der Waals surface area contributed by atoms with Crippen molar-refractivity contribution in [1.29, 1.82) is 0 Å². The van der Waals surface area contributed by atoms with Crippen molar-refractivity contribution in [1.82, 2.24) is 9.55 Å². The standard InChI is InChI=1S/C13H14N2O3/c1-9-7-10(13(16)17)3-4-11(9)18-8-12-14-5-6-15(12)2/h3-7H,8H2,1-2H3,(H,16,17). The van der Waals surface area contributed by atoms with Gasteiger partial charge in [-0.1, -0.05) is 0 Å². The molecular weight excluding hydrogens is 232 g/mol. The molecule has 1 aromatic carbocycles. The summed E-state index contributed by atoms with van der Waals surface area (Å²) in [5, 5.41) is 8.86. The molecule has 2 rings (SSSR count). The molecule has 18 heavy (non-hydrogen) atoms. The molecule has 0 saturated heterocycles. The van der Waals surface area contributed by atoms with Crippen LogP contribution in [0.2, 0.25) is 0 Å². The molecule has 94 valence electrons. The average Bonchev–Trinajstić information content (AvgIpc) is 2.73. The normalized spacial score (nSPS) is 10.3. The van der Waals surface area contributed by atoms with E-state index in [0.29, 0.717) is 12.4 Å². The highest BCUT2D eigenvalue weighted by Gasteiger charge is 2.07. The van der Waals surface area contributed by atoms with Crippen LogP contribution < -0.4 is 4.74 Å². The molecule has 5 heteroatoms. The number of benzene rings is 1. The maximum absolute atomic E-state index is 10.8. The lowest BCUT2D eigenvalue weighted by atomic mass is 10.1. The molecule has 1 heterocycles. The van der Waals surface area contributed by atoms with Gasteiger partial charge in [-0.3, -0.25) is 0 Å². The summed E-state index contributed by atoms with van der Waals surface area (Å²) < 4.78 is 7.50. The predicted molar refractivity (Wildman–Crippen MR) is 65.7 cm³/mol. The van der Waals surface area contributed by atoms with Gasteiger partial charge in [-0.15, -0.1) is 0 Å². The molecule has 2 aromatic rings. The van der Waals surface area contributed by atoms with Crippen molar-refractivity contribution in [3.8, 4) is 5.75 Å². The molecule has 0 saturated carbocycles. The molecule has 0 aliphatic rings. The third-order valence-corrected chi connectivity index (χ3v) is 2.70. The Hall–Kier alpha value is -2.30. The van der Waals surface area contributed by atoms with E-state index in [1.54, 1.807) is 18.3 Å². The topological polar surface area (TPSA) is 64.3 Å². The summed E-state index contributed by atoms with van der Waals surface area (Å²) in [6.07, 6.45) is 3.55. The highest BCUT2D eigenvalue weighted by Crippen LogP contribution is 2.20. The number of carbonyl (C=O) groups is 1. The Morgan fingerprint density at radius 1 is 1.50 bits per heavy atom. The molecule has 0 aliphatic heterocycles. The van der Waals surface area contributed by atoms with Crippen LogP contribution in [0.25, 0.3) is 0 Å². The van der Waals surface area contributed by atoms with Crippen LogP contribution in [0.4, 0.5) is 0 Å². The van der Waals surface area contributed by atoms with E-state index in [2.05, 4.69) is 4.98 Å². The third kappa shape index (κ3) is 2.51. The molecule has 0 spiro atoms. The Morgan fingerprint density at radius 3 is 2.83 bits per heavy atom. The summed E-state index contributed by atoms with van der Waals surface area (Å²) in [5.74, 6) is 0.550. The number of imidazole rings is 1. The van der Waals surface area contributed by atoms with Gasteiger partial charge in [0, 0.05) is 19.4 Å². The van der Waals surface area contributed by atoms with Crippen molar-refractivity contribution < 1.29 is 14.6 Å². The Balaban J connectivity index is 2.11. The predicted octanol–water partition coefficient (Wildman–Crippen LogP) is 2.01. The number of hydrogen-bond donors (Lipinski definition) is 1. The third-order valence-electron chi connectivity index (χ3n) is 2.70. The van der Waals surface area contributed by atoms with E-state index < -0.39 is 5.97 Å². The summed E-state index contributed by atoms with van der Waals surface area (Å²) in [7, 11) is 1.89. The zero-order valence-corrected chi connectivity index (χ0v) is 10.3. The molecule has 0 atom stereocenters. The maximum atomic E-state index is 10.8. The van der Waals surface area contributed by atoms with E-state index in [-0.39, 0.29) is 5.56 Å². The van der Waals surface area contributed by atoms with E-state index in [1.807, 2.05) is 24.7 Å². The van der Waals surface area contributed by atoms with Gasteiger partial charge >= 0.3 is 5.97 Å². The fraction of sp³-hybridized carbons (Fsp3) is 0.231. The van der Waals surface area contributed by atoms with Crippen molar-refractivity contribution in [2.24, 2.45) is 7.05 Å². The van der Waals surface area contributed by atoms with E-state index in [9.17, 15) is 4.79 Å². The quantitative estimate of drug-likeness (QED) is 0.896. The molecule has 1 N–H and O–H groups in total. The van der Waals surface area contributed by atoms with Gasteiger partial charge < -0.3 is 14.4 Å². The lowest BCUT2D eigenvalue weighted by Crippen LogP contribution is -2.04. The van der Waals surface area contributed by atoms with Gasteiger partial charge in [0.15, 0.2) is 0 Å². The minimum atomic E-state index is -0.936. The first kappa shape index (κ1) is 12.2. The van der Waals surface area contributed by atoms with Gasteiger partial charge in [0.05, 0.1) is 5.56 Å². The van der Waals surface area contributed by atoms with Crippen LogP contribution in [0, 0.1) is 6.92 Å². The van der Waals surface area contributed by atoms with Gasteiger partial charge in [-0.2, -0.15) is 0 Å².